The molecular weight excluding hydrogens is 739 g/mol. The van der Waals surface area contributed by atoms with Crippen LogP contribution in [-0.4, -0.2) is 128 Å². The number of ether oxygens (including phenoxy) is 1. The number of methoxy groups -OCH3 is 1. The van der Waals surface area contributed by atoms with Crippen LogP contribution in [0, 0.1) is 5.92 Å². The van der Waals surface area contributed by atoms with Gasteiger partial charge in [-0.2, -0.15) is 0 Å². The Hall–Kier alpha value is -5.70. The SMILES string of the molecule is CCN(CC)CC[C@H](NC(=O)OC)C(=O)N1CCCC1c1ncc(-c2ccc(-c3ccc(-c4cnc([C@@H]5CCCN5C(=O)[C@H](C(C)C)N(C)C(=O)O)[nH]4)cc3)cc2)[nH]1. The molecule has 2 aromatic carbocycles. The normalized spacial score (nSPS) is 17.8. The lowest BCUT2D eigenvalue weighted by atomic mass is 10.0. The van der Waals surface area contributed by atoms with Crippen LogP contribution in [-0.2, 0) is 14.3 Å². The second-order valence-corrected chi connectivity index (χ2v) is 15.5. The Balaban J connectivity index is 1.10. The number of amides is 4. The summed E-state index contributed by atoms with van der Waals surface area (Å²) in [5.41, 5.74) is 5.72. The van der Waals surface area contributed by atoms with Gasteiger partial charge in [-0.1, -0.05) is 76.2 Å². The standard InChI is InChI=1S/C43H57N9O6/c1-7-50(8-2)24-21-32(48-42(55)58-6)40(53)51-22-9-11-35(51)38-44-25-33(46-38)30-17-13-28(14-18-30)29-15-19-31(20-16-29)34-26-45-39(47-34)36-12-10-23-52(36)41(54)37(27(3)4)49(5)43(56)57/h13-20,25-27,32,35-37H,7-12,21-24H2,1-6H3,(H,44,46)(H,45,47)(H,48,55)(H,56,57)/t32-,35?,36-,37-/m0/s1. The van der Waals surface area contributed by atoms with Gasteiger partial charge < -0.3 is 39.8 Å². The number of likely N-dealkylation sites (N-methyl/N-ethyl adjacent to an activating group) is 1. The van der Waals surface area contributed by atoms with Crippen LogP contribution in [0.2, 0.25) is 0 Å². The van der Waals surface area contributed by atoms with Crippen LogP contribution in [0.15, 0.2) is 60.9 Å². The average molecular weight is 796 g/mol. The van der Waals surface area contributed by atoms with Crippen LogP contribution < -0.4 is 5.32 Å². The molecule has 0 bridgehead atoms. The lowest BCUT2D eigenvalue weighted by Gasteiger charge is -2.33. The maximum atomic E-state index is 13.8. The largest absolute Gasteiger partial charge is 0.465 e. The number of carbonyl (C=O) groups is 4. The smallest absolute Gasteiger partial charge is 0.407 e. The Kier molecular flexibility index (Phi) is 13.5. The summed E-state index contributed by atoms with van der Waals surface area (Å²) in [4.78, 5) is 74.6. The second-order valence-electron chi connectivity index (χ2n) is 15.5. The Labute approximate surface area is 340 Å². The van der Waals surface area contributed by atoms with Gasteiger partial charge >= 0.3 is 12.2 Å². The zero-order valence-electron chi connectivity index (χ0n) is 34.4. The van der Waals surface area contributed by atoms with Gasteiger partial charge in [0.25, 0.3) is 0 Å². The fraction of sp³-hybridized carbons (Fsp3) is 0.488. The van der Waals surface area contributed by atoms with Crippen molar-refractivity contribution in [3.05, 3.63) is 72.6 Å². The van der Waals surface area contributed by atoms with E-state index in [4.69, 9.17) is 9.72 Å². The van der Waals surface area contributed by atoms with Crippen molar-refractivity contribution in [2.24, 2.45) is 5.92 Å². The number of hydrogen-bond donors (Lipinski definition) is 4. The molecule has 2 aliphatic heterocycles. The van der Waals surface area contributed by atoms with Gasteiger partial charge in [-0.15, -0.1) is 0 Å². The predicted molar refractivity (Wildman–Crippen MR) is 221 cm³/mol. The molecule has 0 spiro atoms. The van der Waals surface area contributed by atoms with Gasteiger partial charge in [0.2, 0.25) is 11.8 Å². The third-order valence-electron chi connectivity index (χ3n) is 11.6. The second kappa shape index (κ2) is 18.7. The fourth-order valence-corrected chi connectivity index (χ4v) is 8.32. The minimum absolute atomic E-state index is 0.128. The zero-order chi connectivity index (χ0) is 41.5. The fourth-order valence-electron chi connectivity index (χ4n) is 8.32. The Bertz CT molecular complexity index is 2020. The molecule has 2 aliphatic rings. The number of benzene rings is 2. The van der Waals surface area contributed by atoms with Crippen LogP contribution in [0.4, 0.5) is 9.59 Å². The third kappa shape index (κ3) is 9.20. The Morgan fingerprint density at radius 3 is 1.71 bits per heavy atom. The van der Waals surface area contributed by atoms with E-state index in [2.05, 4.69) is 75.4 Å². The molecule has 4 aromatic rings. The average Bonchev–Trinajstić information content (AvgIpc) is 4.07. The van der Waals surface area contributed by atoms with Crippen LogP contribution in [0.3, 0.4) is 0 Å². The number of alkyl carbamates (subject to hydrolysis) is 1. The number of carboxylic acid groups (broad SMARTS) is 1. The molecule has 1 unspecified atom stereocenters. The number of likely N-dealkylation sites (tertiary alicyclic amines) is 2. The zero-order valence-corrected chi connectivity index (χ0v) is 34.4. The summed E-state index contributed by atoms with van der Waals surface area (Å²) in [6.45, 7) is 11.4. The van der Waals surface area contributed by atoms with Gasteiger partial charge in [0.1, 0.15) is 23.7 Å². The molecule has 0 saturated carbocycles. The van der Waals surface area contributed by atoms with Crippen LogP contribution in [0.25, 0.3) is 33.6 Å². The summed E-state index contributed by atoms with van der Waals surface area (Å²) in [6.07, 6.45) is 5.52. The van der Waals surface area contributed by atoms with Crippen molar-refractivity contribution in [2.75, 3.05) is 46.9 Å². The van der Waals surface area contributed by atoms with Crippen molar-refractivity contribution in [3.63, 3.8) is 0 Å². The van der Waals surface area contributed by atoms with Gasteiger partial charge in [-0.3, -0.25) is 14.5 Å². The van der Waals surface area contributed by atoms with Crippen LogP contribution in [0.5, 0.6) is 0 Å². The molecule has 15 heteroatoms. The summed E-state index contributed by atoms with van der Waals surface area (Å²) >= 11 is 0. The molecule has 4 atom stereocenters. The molecule has 4 N–H and O–H groups in total. The lowest BCUT2D eigenvalue weighted by Crippen LogP contribution is -2.51. The molecule has 0 aliphatic carbocycles. The van der Waals surface area contributed by atoms with Crippen molar-refractivity contribution in [2.45, 2.75) is 84.0 Å². The maximum absolute atomic E-state index is 13.8. The lowest BCUT2D eigenvalue weighted by molar-refractivity contribution is -0.138. The summed E-state index contributed by atoms with van der Waals surface area (Å²) in [5, 5.41) is 12.4. The highest BCUT2D eigenvalue weighted by atomic mass is 16.5. The van der Waals surface area contributed by atoms with E-state index in [9.17, 15) is 24.3 Å². The number of nitrogens with zero attached hydrogens (tertiary/aromatic N) is 6. The van der Waals surface area contributed by atoms with E-state index in [0.717, 1.165) is 83.1 Å². The van der Waals surface area contributed by atoms with Gasteiger partial charge in [0, 0.05) is 26.7 Å². The van der Waals surface area contributed by atoms with Crippen LogP contribution in [0.1, 0.15) is 83.5 Å². The van der Waals surface area contributed by atoms with Gasteiger partial charge in [0.15, 0.2) is 0 Å². The number of rotatable bonds is 15. The van der Waals surface area contributed by atoms with E-state index < -0.39 is 24.3 Å². The van der Waals surface area contributed by atoms with Gasteiger partial charge in [0.05, 0.1) is 43.0 Å². The molecule has 58 heavy (non-hydrogen) atoms. The molecule has 15 nitrogen and oxygen atoms in total. The summed E-state index contributed by atoms with van der Waals surface area (Å²) in [5.74, 6) is 0.920. The molecule has 310 valence electrons. The van der Waals surface area contributed by atoms with Crippen LogP contribution >= 0.6 is 0 Å². The number of hydrogen-bond acceptors (Lipinski definition) is 8. The van der Waals surface area contributed by atoms with Crippen molar-refractivity contribution < 1.29 is 29.0 Å². The van der Waals surface area contributed by atoms with Crippen molar-refractivity contribution in [3.8, 4) is 33.6 Å². The predicted octanol–water partition coefficient (Wildman–Crippen LogP) is 6.55. The van der Waals surface area contributed by atoms with E-state index >= 15 is 0 Å². The number of aromatic nitrogens is 4. The minimum Gasteiger partial charge on any atom is -0.465 e. The molecule has 2 aromatic heterocycles. The molecule has 4 amide bonds. The van der Waals surface area contributed by atoms with E-state index in [0.29, 0.717) is 31.9 Å². The number of H-pyrrole nitrogens is 2. The van der Waals surface area contributed by atoms with E-state index in [1.807, 2.05) is 30.9 Å². The first-order valence-corrected chi connectivity index (χ1v) is 20.4. The number of carbonyl (C=O) groups excluding carboxylic acids is 3. The molecule has 2 saturated heterocycles. The van der Waals surface area contributed by atoms with Crippen molar-refractivity contribution >= 4 is 24.0 Å². The van der Waals surface area contributed by atoms with Gasteiger partial charge in [-0.05, 0) is 73.4 Å². The molecule has 6 rings (SSSR count). The van der Waals surface area contributed by atoms with Crippen molar-refractivity contribution in [1.82, 2.24) is 44.9 Å². The molecule has 4 heterocycles. The van der Waals surface area contributed by atoms with E-state index in [1.54, 1.807) is 17.3 Å². The molecular formula is C43H57N9O6. The first-order chi connectivity index (χ1) is 27.9. The summed E-state index contributed by atoms with van der Waals surface area (Å²) in [6, 6.07) is 14.5. The molecule has 2 fully saturated rings. The first-order valence-electron chi connectivity index (χ1n) is 20.4. The summed E-state index contributed by atoms with van der Waals surface area (Å²) < 4.78 is 4.84. The highest BCUT2D eigenvalue weighted by molar-refractivity contribution is 5.87. The number of aromatic amines is 2. The summed E-state index contributed by atoms with van der Waals surface area (Å²) in [7, 11) is 2.75. The maximum Gasteiger partial charge on any atom is 0.407 e. The van der Waals surface area contributed by atoms with E-state index in [-0.39, 0.29) is 29.8 Å². The molecule has 0 radical (unpaired) electrons. The monoisotopic (exact) mass is 795 g/mol. The topological polar surface area (TPSA) is 180 Å². The quantitative estimate of drug-likeness (QED) is 0.104. The van der Waals surface area contributed by atoms with E-state index in [1.165, 1.54) is 14.2 Å². The number of imidazole rings is 2. The first kappa shape index (κ1) is 41.9. The highest BCUT2D eigenvalue weighted by Gasteiger charge is 2.40. The van der Waals surface area contributed by atoms with Crippen molar-refractivity contribution in [1.29, 1.82) is 0 Å². The number of nitrogens with one attached hydrogen (secondary N) is 3. The Morgan fingerprint density at radius 2 is 1.28 bits per heavy atom. The Morgan fingerprint density at radius 1 is 0.810 bits per heavy atom. The third-order valence-corrected chi connectivity index (χ3v) is 11.6. The van der Waals surface area contributed by atoms with Gasteiger partial charge in [-0.25, -0.2) is 19.6 Å². The minimum atomic E-state index is -1.12. The highest BCUT2D eigenvalue weighted by Crippen LogP contribution is 2.35.